The van der Waals surface area contributed by atoms with Crippen LogP contribution in [0.25, 0.3) is 15.5 Å². The quantitative estimate of drug-likeness (QED) is 0.551. The van der Waals surface area contributed by atoms with Crippen LogP contribution in [0.5, 0.6) is 0 Å². The van der Waals surface area contributed by atoms with E-state index in [0.29, 0.717) is 0 Å². The third-order valence-electron chi connectivity index (χ3n) is 4.15. The largest absolute Gasteiger partial charge is 0.378 e. The Labute approximate surface area is 150 Å². The summed E-state index contributed by atoms with van der Waals surface area (Å²) in [5.74, 6) is 0.908. The van der Waals surface area contributed by atoms with Gasteiger partial charge in [0.05, 0.1) is 0 Å². The highest BCUT2D eigenvalue weighted by atomic mass is 32.1. The van der Waals surface area contributed by atoms with Gasteiger partial charge in [-0.1, -0.05) is 53.8 Å². The second-order valence-corrected chi connectivity index (χ2v) is 7.10. The minimum atomic E-state index is 0.825. The molecule has 5 nitrogen and oxygen atoms in total. The maximum absolute atomic E-state index is 4.75. The zero-order valence-electron chi connectivity index (χ0n) is 14.3. The van der Waals surface area contributed by atoms with Gasteiger partial charge in [0.2, 0.25) is 4.96 Å². The predicted octanol–water partition coefficient (Wildman–Crippen LogP) is 3.70. The lowest BCUT2D eigenvalue weighted by molar-refractivity contribution is 0.793. The molecule has 2 heterocycles. The zero-order chi connectivity index (χ0) is 17.2. The van der Waals surface area contributed by atoms with Crippen LogP contribution < -0.4 is 4.90 Å². The third kappa shape index (κ3) is 3.25. The molecule has 0 saturated carbocycles. The Morgan fingerprint density at radius 3 is 2.60 bits per heavy atom. The Hall–Kier alpha value is -2.73. The summed E-state index contributed by atoms with van der Waals surface area (Å²) in [5.41, 5.74) is 3.57. The Morgan fingerprint density at radius 2 is 1.80 bits per heavy atom. The van der Waals surface area contributed by atoms with Crippen molar-refractivity contribution in [3.8, 4) is 10.6 Å². The highest BCUT2D eigenvalue weighted by Gasteiger charge is 2.13. The van der Waals surface area contributed by atoms with Crippen LogP contribution in [0.2, 0.25) is 0 Å². The van der Waals surface area contributed by atoms with Gasteiger partial charge in [-0.2, -0.15) is 9.61 Å². The number of fused-ring (bicyclic) bond motifs is 1. The van der Waals surface area contributed by atoms with E-state index < -0.39 is 0 Å². The molecule has 0 atom stereocenters. The molecule has 25 heavy (non-hydrogen) atoms. The van der Waals surface area contributed by atoms with E-state index in [2.05, 4.69) is 63.6 Å². The number of hydrogen-bond donors (Lipinski definition) is 0. The summed E-state index contributed by atoms with van der Waals surface area (Å²) in [6.45, 7) is 0. The lowest BCUT2D eigenvalue weighted by Crippen LogP contribution is -2.08. The second-order valence-electron chi connectivity index (χ2n) is 6.15. The number of hydrogen-bond acceptors (Lipinski definition) is 5. The van der Waals surface area contributed by atoms with Crippen LogP contribution in [-0.2, 0) is 12.8 Å². The molecule has 0 aliphatic heterocycles. The molecular formula is C19H19N5S. The topological polar surface area (TPSA) is 46.3 Å². The van der Waals surface area contributed by atoms with Crippen molar-refractivity contribution >= 4 is 22.0 Å². The van der Waals surface area contributed by atoms with Crippen molar-refractivity contribution in [1.82, 2.24) is 19.8 Å². The summed E-state index contributed by atoms with van der Waals surface area (Å²) >= 11 is 1.57. The first-order valence-electron chi connectivity index (χ1n) is 8.23. The van der Waals surface area contributed by atoms with Gasteiger partial charge in [0.15, 0.2) is 5.82 Å². The lowest BCUT2D eigenvalue weighted by atomic mass is 10.1. The highest BCUT2D eigenvalue weighted by Crippen LogP contribution is 2.28. The molecule has 0 aliphatic rings. The maximum atomic E-state index is 4.75. The van der Waals surface area contributed by atoms with E-state index >= 15 is 0 Å². The van der Waals surface area contributed by atoms with Gasteiger partial charge in [-0.05, 0) is 24.1 Å². The minimum Gasteiger partial charge on any atom is -0.378 e. The van der Waals surface area contributed by atoms with Crippen LogP contribution in [-0.4, -0.2) is 33.9 Å². The molecule has 6 heteroatoms. The molecule has 0 N–H and O–H groups in total. The van der Waals surface area contributed by atoms with Crippen molar-refractivity contribution in [1.29, 1.82) is 0 Å². The molecule has 0 saturated heterocycles. The predicted molar refractivity (Wildman–Crippen MR) is 102 cm³/mol. The molecule has 0 aliphatic carbocycles. The van der Waals surface area contributed by atoms with Gasteiger partial charge in [-0.15, -0.1) is 10.2 Å². The van der Waals surface area contributed by atoms with Crippen LogP contribution in [0.1, 0.15) is 11.4 Å². The fourth-order valence-electron chi connectivity index (χ4n) is 2.75. The molecule has 0 spiro atoms. The van der Waals surface area contributed by atoms with E-state index in [-0.39, 0.29) is 0 Å². The summed E-state index contributed by atoms with van der Waals surface area (Å²) in [6, 6.07) is 18.8. The zero-order valence-corrected chi connectivity index (χ0v) is 15.1. The number of benzene rings is 2. The average molecular weight is 349 g/mol. The van der Waals surface area contributed by atoms with Gasteiger partial charge in [0.25, 0.3) is 0 Å². The van der Waals surface area contributed by atoms with Crippen LogP contribution in [0.15, 0.2) is 54.6 Å². The van der Waals surface area contributed by atoms with E-state index in [1.807, 2.05) is 24.7 Å². The van der Waals surface area contributed by atoms with Gasteiger partial charge in [0.1, 0.15) is 5.01 Å². The van der Waals surface area contributed by atoms with Crippen molar-refractivity contribution in [3.05, 3.63) is 66.0 Å². The number of aryl methyl sites for hydroxylation is 2. The molecule has 4 rings (SSSR count). The normalized spacial score (nSPS) is 11.1. The van der Waals surface area contributed by atoms with Crippen LogP contribution in [0, 0.1) is 0 Å². The molecule has 0 radical (unpaired) electrons. The molecule has 126 valence electrons. The summed E-state index contributed by atoms with van der Waals surface area (Å²) in [5, 5.41) is 14.3. The maximum Gasteiger partial charge on any atom is 0.234 e. The molecule has 0 amide bonds. The summed E-state index contributed by atoms with van der Waals surface area (Å²) < 4.78 is 1.88. The van der Waals surface area contributed by atoms with Crippen molar-refractivity contribution in [3.63, 3.8) is 0 Å². The number of nitrogens with zero attached hydrogens (tertiary/aromatic N) is 5. The molecule has 2 aromatic carbocycles. The lowest BCUT2D eigenvalue weighted by Gasteiger charge is -2.12. The first-order valence-corrected chi connectivity index (χ1v) is 9.05. The van der Waals surface area contributed by atoms with E-state index in [1.165, 1.54) is 5.56 Å². The molecular weight excluding hydrogens is 330 g/mol. The number of rotatable bonds is 5. The number of aromatic nitrogens is 4. The SMILES string of the molecule is CN(C)c1cccc(-c2nn3c(CCc4ccccc4)nnc3s2)c1. The average Bonchev–Trinajstić information content (AvgIpc) is 3.22. The standard InChI is InChI=1S/C19H19N5S/c1-23(2)16-10-6-9-15(13-16)18-22-24-17(20-21-19(24)25-18)12-11-14-7-4-3-5-8-14/h3-10,13H,11-12H2,1-2H3. The van der Waals surface area contributed by atoms with Crippen molar-refractivity contribution in [2.75, 3.05) is 19.0 Å². The molecule has 0 unspecified atom stereocenters. The van der Waals surface area contributed by atoms with E-state index in [1.54, 1.807) is 11.3 Å². The first-order chi connectivity index (χ1) is 12.2. The Balaban J connectivity index is 1.61. The van der Waals surface area contributed by atoms with E-state index in [0.717, 1.165) is 39.9 Å². The van der Waals surface area contributed by atoms with Gasteiger partial charge in [-0.25, -0.2) is 0 Å². The van der Waals surface area contributed by atoms with Crippen LogP contribution in [0.3, 0.4) is 0 Å². The van der Waals surface area contributed by atoms with Crippen LogP contribution in [0.4, 0.5) is 5.69 Å². The van der Waals surface area contributed by atoms with Gasteiger partial charge >= 0.3 is 0 Å². The van der Waals surface area contributed by atoms with E-state index in [4.69, 9.17) is 5.10 Å². The van der Waals surface area contributed by atoms with E-state index in [9.17, 15) is 0 Å². The fourth-order valence-corrected chi connectivity index (χ4v) is 3.60. The Kier molecular flexibility index (Phi) is 4.19. The first kappa shape index (κ1) is 15.8. The monoisotopic (exact) mass is 349 g/mol. The van der Waals surface area contributed by atoms with Crippen LogP contribution >= 0.6 is 11.3 Å². The third-order valence-corrected chi connectivity index (χ3v) is 5.09. The van der Waals surface area contributed by atoms with Gasteiger partial charge in [0, 0.05) is 31.8 Å². The van der Waals surface area contributed by atoms with Crippen molar-refractivity contribution in [2.45, 2.75) is 12.8 Å². The molecule has 4 aromatic rings. The summed E-state index contributed by atoms with van der Waals surface area (Å²) in [6.07, 6.45) is 1.76. The smallest absolute Gasteiger partial charge is 0.234 e. The summed E-state index contributed by atoms with van der Waals surface area (Å²) in [4.78, 5) is 2.93. The second kappa shape index (κ2) is 6.64. The van der Waals surface area contributed by atoms with Gasteiger partial charge in [-0.3, -0.25) is 0 Å². The number of anilines is 1. The highest BCUT2D eigenvalue weighted by molar-refractivity contribution is 7.19. The minimum absolute atomic E-state index is 0.825. The van der Waals surface area contributed by atoms with Crippen molar-refractivity contribution in [2.24, 2.45) is 0 Å². The fraction of sp³-hybridized carbons (Fsp3) is 0.211. The molecule has 0 bridgehead atoms. The Morgan fingerprint density at radius 1 is 0.960 bits per heavy atom. The molecule has 2 aromatic heterocycles. The summed E-state index contributed by atoms with van der Waals surface area (Å²) in [7, 11) is 4.08. The van der Waals surface area contributed by atoms with Crippen molar-refractivity contribution < 1.29 is 0 Å². The Bertz CT molecular complexity index is 987. The van der Waals surface area contributed by atoms with Gasteiger partial charge < -0.3 is 4.90 Å². The molecule has 0 fully saturated rings.